The van der Waals surface area contributed by atoms with Gasteiger partial charge in [-0.3, -0.25) is 4.79 Å². The lowest BCUT2D eigenvalue weighted by molar-refractivity contribution is -0.115. The van der Waals surface area contributed by atoms with Crippen molar-refractivity contribution in [1.82, 2.24) is 0 Å². The summed E-state index contributed by atoms with van der Waals surface area (Å²) in [5, 5.41) is 2.64. The van der Waals surface area contributed by atoms with Gasteiger partial charge in [0.05, 0.1) is 6.37 Å². The van der Waals surface area contributed by atoms with Crippen molar-refractivity contribution in [2.45, 2.75) is 12.8 Å². The largest absolute Gasteiger partial charge is 0.325 e. The number of benzene rings is 1. The van der Waals surface area contributed by atoms with Crippen LogP contribution in [0.5, 0.6) is 0 Å². The van der Waals surface area contributed by atoms with E-state index in [9.17, 15) is 4.79 Å². The topological polar surface area (TPSA) is 29.1 Å². The number of nitrogens with one attached hydrogen (secondary N) is 1. The van der Waals surface area contributed by atoms with Crippen LogP contribution in [0.15, 0.2) is 12.1 Å². The Morgan fingerprint density at radius 3 is 3.14 bits per heavy atom. The number of fused-ring (bicyclic) bond motifs is 1. The Bertz CT molecular complexity index is 527. The Morgan fingerprint density at radius 2 is 2.43 bits per heavy atom. The van der Waals surface area contributed by atoms with Gasteiger partial charge in [-0.25, -0.2) is 0 Å². The van der Waals surface area contributed by atoms with Gasteiger partial charge in [0.15, 0.2) is 0 Å². The van der Waals surface area contributed by atoms with Crippen LogP contribution < -0.4 is 5.32 Å². The van der Waals surface area contributed by atoms with E-state index in [0.29, 0.717) is 11.3 Å². The van der Waals surface area contributed by atoms with Crippen LogP contribution in [0.25, 0.3) is 0 Å². The maximum atomic E-state index is 11.4. The van der Waals surface area contributed by atoms with E-state index in [1.165, 1.54) is 12.1 Å². The molecule has 0 atom stereocenters. The molecule has 4 heteroatoms. The van der Waals surface area contributed by atoms with Crippen molar-refractivity contribution < 1.29 is 10.3 Å². The Labute approximate surface area is 97.8 Å². The van der Waals surface area contributed by atoms with Gasteiger partial charge in [0.2, 0.25) is 5.91 Å². The molecule has 0 radical (unpaired) electrons. The Morgan fingerprint density at radius 1 is 1.64 bits per heavy atom. The van der Waals surface area contributed by atoms with Crippen LogP contribution in [0.1, 0.15) is 16.6 Å². The summed E-state index contributed by atoms with van der Waals surface area (Å²) in [6, 6.07) is 2.80. The van der Waals surface area contributed by atoms with Gasteiger partial charge in [0, 0.05) is 22.0 Å². The van der Waals surface area contributed by atoms with Crippen molar-refractivity contribution in [1.29, 1.82) is 0 Å². The van der Waals surface area contributed by atoms with Crippen LogP contribution in [0, 0.1) is 0 Å². The van der Waals surface area contributed by atoms with Gasteiger partial charge < -0.3 is 5.32 Å². The summed E-state index contributed by atoms with van der Waals surface area (Å²) in [7, 11) is 0. The van der Waals surface area contributed by atoms with Crippen LogP contribution in [0.2, 0.25) is 5.02 Å². The molecule has 1 heterocycles. The summed E-state index contributed by atoms with van der Waals surface area (Å²) in [5.41, 5.74) is 0.845. The molecule has 0 saturated carbocycles. The Kier molecular flexibility index (Phi) is 1.62. The predicted octanol–water partition coefficient (Wildman–Crippen LogP) is 2.62. The molecular formula is C10H9Cl2NO. The quantitative estimate of drug-likeness (QED) is 0.783. The van der Waals surface area contributed by atoms with Crippen LogP contribution in [-0.4, -0.2) is 11.7 Å². The molecule has 1 N–H and O–H groups in total. The summed E-state index contributed by atoms with van der Waals surface area (Å²) in [4.78, 5) is 11.4. The van der Waals surface area contributed by atoms with Gasteiger partial charge in [-0.1, -0.05) is 17.7 Å². The smallest absolute Gasteiger partial charge is 0.228 e. The third kappa shape index (κ3) is 1.72. The predicted molar refractivity (Wildman–Crippen MR) is 58.2 cm³/mol. The number of alkyl halides is 1. The first-order valence-corrected chi connectivity index (χ1v) is 4.70. The molecule has 2 nitrogen and oxygen atoms in total. The van der Waals surface area contributed by atoms with E-state index in [2.05, 4.69) is 5.32 Å². The molecule has 1 aromatic rings. The van der Waals surface area contributed by atoms with Crippen molar-refractivity contribution in [3.8, 4) is 0 Å². The Balaban J connectivity index is 2.49. The molecule has 2 rings (SSSR count). The number of hydrogen-bond acceptors (Lipinski definition) is 1. The third-order valence-corrected chi connectivity index (χ3v) is 2.43. The van der Waals surface area contributed by atoms with Crippen molar-refractivity contribution in [2.24, 2.45) is 0 Å². The average molecular weight is 234 g/mol. The highest BCUT2D eigenvalue weighted by Gasteiger charge is 2.19. The standard InChI is InChI=1S/C10H9Cl2NO/c11-2-1-6-3-7-4-10(14)13-9(7)5-8(6)12/h3,5H,1-2,4H2,(H,13,14)/i2D2,4D2. The minimum absolute atomic E-state index is 0.160. The SMILES string of the molecule is [2H]C([2H])(Cl)Cc1cc2c(cc1Cl)NC(=O)C2([2H])[2H]. The van der Waals surface area contributed by atoms with Gasteiger partial charge in [-0.15, -0.1) is 11.6 Å². The molecule has 0 bridgehead atoms. The number of halogens is 2. The zero-order valence-electron chi connectivity index (χ0n) is 11.0. The molecule has 0 aliphatic carbocycles. The van der Waals surface area contributed by atoms with E-state index in [1.807, 2.05) is 0 Å². The van der Waals surface area contributed by atoms with Crippen LogP contribution >= 0.6 is 23.2 Å². The first-order valence-electron chi connectivity index (χ1n) is 5.94. The number of hydrogen-bond donors (Lipinski definition) is 1. The lowest BCUT2D eigenvalue weighted by Crippen LogP contribution is -2.03. The number of carbonyl (C=O) groups is 1. The third-order valence-electron chi connectivity index (χ3n) is 1.94. The molecule has 0 spiro atoms. The highest BCUT2D eigenvalue weighted by molar-refractivity contribution is 6.32. The molecule has 0 fully saturated rings. The first kappa shape index (κ1) is 5.99. The minimum atomic E-state index is -2.13. The minimum Gasteiger partial charge on any atom is -0.325 e. The van der Waals surface area contributed by atoms with Crippen molar-refractivity contribution in [3.05, 3.63) is 28.3 Å². The molecule has 0 saturated heterocycles. The van der Waals surface area contributed by atoms with E-state index in [1.54, 1.807) is 0 Å². The molecule has 0 unspecified atom stereocenters. The molecule has 74 valence electrons. The molecule has 1 aliphatic heterocycles. The first-order chi connectivity index (χ1) is 8.11. The number of aryl methyl sites for hydroxylation is 1. The molecule has 14 heavy (non-hydrogen) atoms. The summed E-state index contributed by atoms with van der Waals surface area (Å²) in [5.74, 6) is -2.72. The second-order valence-electron chi connectivity index (χ2n) is 2.88. The molecule has 1 aromatic carbocycles. The van der Waals surface area contributed by atoms with Crippen LogP contribution in [0.3, 0.4) is 0 Å². The van der Waals surface area contributed by atoms with E-state index >= 15 is 0 Å². The zero-order chi connectivity index (χ0) is 13.7. The molecular weight excluding hydrogens is 221 g/mol. The summed E-state index contributed by atoms with van der Waals surface area (Å²) in [6.07, 6.45) is -2.29. The van der Waals surface area contributed by atoms with Gasteiger partial charge in [0.1, 0.15) is 0 Å². The highest BCUT2D eigenvalue weighted by Crippen LogP contribution is 2.29. The fraction of sp³-hybridized carbons (Fsp3) is 0.300. The molecule has 1 amide bonds. The Hall–Kier alpha value is -0.730. The number of amides is 1. The summed E-state index contributed by atoms with van der Waals surface area (Å²) in [6.45, 7) is 0. The fourth-order valence-electron chi connectivity index (χ4n) is 1.31. The number of rotatable bonds is 2. The zero-order valence-corrected chi connectivity index (χ0v) is 8.54. The summed E-state index contributed by atoms with van der Waals surface area (Å²) < 4.78 is 29.9. The average Bonchev–Trinajstić information content (AvgIpc) is 2.38. The van der Waals surface area contributed by atoms with Crippen molar-refractivity contribution in [2.75, 3.05) is 11.1 Å². The highest BCUT2D eigenvalue weighted by atomic mass is 35.5. The second-order valence-corrected chi connectivity index (χ2v) is 3.55. The van der Waals surface area contributed by atoms with E-state index in [0.717, 1.165) is 0 Å². The number of anilines is 1. The lowest BCUT2D eigenvalue weighted by atomic mass is 10.1. The van der Waals surface area contributed by atoms with E-state index in [4.69, 9.17) is 28.7 Å². The molecule has 1 aliphatic rings. The fourth-order valence-corrected chi connectivity index (χ4v) is 1.68. The van der Waals surface area contributed by atoms with Crippen LogP contribution in [0.4, 0.5) is 5.69 Å². The monoisotopic (exact) mass is 233 g/mol. The molecule has 0 aromatic heterocycles. The van der Waals surface area contributed by atoms with Crippen molar-refractivity contribution in [3.63, 3.8) is 0 Å². The van der Waals surface area contributed by atoms with E-state index < -0.39 is 18.1 Å². The number of carbonyl (C=O) groups excluding carboxylic acids is 1. The van der Waals surface area contributed by atoms with Gasteiger partial charge in [0.25, 0.3) is 0 Å². The maximum absolute atomic E-state index is 11.4. The van der Waals surface area contributed by atoms with E-state index in [-0.39, 0.29) is 17.0 Å². The van der Waals surface area contributed by atoms with Gasteiger partial charge in [-0.2, -0.15) is 0 Å². The van der Waals surface area contributed by atoms with Gasteiger partial charge >= 0.3 is 0 Å². The van der Waals surface area contributed by atoms with Crippen LogP contribution in [-0.2, 0) is 17.6 Å². The second kappa shape index (κ2) is 3.79. The summed E-state index contributed by atoms with van der Waals surface area (Å²) >= 11 is 11.4. The lowest BCUT2D eigenvalue weighted by Gasteiger charge is -2.05. The maximum Gasteiger partial charge on any atom is 0.228 e. The van der Waals surface area contributed by atoms with Crippen molar-refractivity contribution >= 4 is 34.8 Å². The van der Waals surface area contributed by atoms with Gasteiger partial charge in [-0.05, 0) is 23.6 Å². The normalized spacial score (nSPS) is 22.9.